The Morgan fingerprint density at radius 1 is 1.18 bits per heavy atom. The highest BCUT2D eigenvalue weighted by atomic mass is 19.1. The van der Waals surface area contributed by atoms with Crippen LogP contribution in [0.5, 0.6) is 0 Å². The Balaban J connectivity index is 1.73. The number of aliphatic imine (C=N–C) groups is 1. The van der Waals surface area contributed by atoms with Crippen molar-refractivity contribution in [2.75, 3.05) is 19.8 Å². The monoisotopic (exact) mass is 379 g/mol. The summed E-state index contributed by atoms with van der Waals surface area (Å²) in [5.41, 5.74) is 3.39. The third kappa shape index (κ3) is 3.80. The van der Waals surface area contributed by atoms with Gasteiger partial charge in [-0.2, -0.15) is 0 Å². The van der Waals surface area contributed by atoms with Crippen LogP contribution in [0.4, 0.5) is 4.39 Å². The molecule has 0 N–H and O–H groups in total. The zero-order chi connectivity index (χ0) is 19.5. The first kappa shape index (κ1) is 18.3. The highest BCUT2D eigenvalue weighted by Gasteiger charge is 2.18. The van der Waals surface area contributed by atoms with Crippen molar-refractivity contribution in [1.82, 2.24) is 19.4 Å². The van der Waals surface area contributed by atoms with Gasteiger partial charge in [0.05, 0.1) is 35.5 Å². The van der Waals surface area contributed by atoms with Gasteiger partial charge in [0.2, 0.25) is 0 Å². The standard InChI is InChI=1S/C21H22FN5O/c1-15(2)28-10-9-26-13-16(11-24-14-26)21-25-19-7-8-23-12-20(19)27(21)18-5-3-17(22)4-6-18/h3-8,11-13,15H,9-10,14H2,1-2H3. The first-order chi connectivity index (χ1) is 13.6. The zero-order valence-electron chi connectivity index (χ0n) is 15.9. The largest absolute Gasteiger partial charge is 0.377 e. The summed E-state index contributed by atoms with van der Waals surface area (Å²) in [5.74, 6) is 0.468. The van der Waals surface area contributed by atoms with Crippen LogP contribution in [0.25, 0.3) is 22.3 Å². The van der Waals surface area contributed by atoms with E-state index >= 15 is 0 Å². The van der Waals surface area contributed by atoms with E-state index in [0.29, 0.717) is 13.3 Å². The minimum Gasteiger partial charge on any atom is -0.377 e. The number of fused-ring (bicyclic) bond motifs is 1. The summed E-state index contributed by atoms with van der Waals surface area (Å²) in [6.45, 7) is 6.01. The molecule has 6 nitrogen and oxygen atoms in total. The Bertz CT molecular complexity index is 1020. The lowest BCUT2D eigenvalue weighted by Crippen LogP contribution is -2.26. The fourth-order valence-corrected chi connectivity index (χ4v) is 3.14. The van der Waals surface area contributed by atoms with Gasteiger partial charge in [0, 0.05) is 30.8 Å². The Morgan fingerprint density at radius 3 is 2.79 bits per heavy atom. The van der Waals surface area contributed by atoms with Crippen LogP contribution in [0.3, 0.4) is 0 Å². The van der Waals surface area contributed by atoms with Crippen LogP contribution < -0.4 is 0 Å². The van der Waals surface area contributed by atoms with Crippen molar-refractivity contribution in [2.45, 2.75) is 20.0 Å². The smallest absolute Gasteiger partial charge is 0.148 e. The number of pyridine rings is 1. The van der Waals surface area contributed by atoms with Crippen molar-refractivity contribution < 1.29 is 9.13 Å². The fraction of sp³-hybridized carbons (Fsp3) is 0.286. The normalized spacial score (nSPS) is 14.1. The topological polar surface area (TPSA) is 55.5 Å². The number of hydrogen-bond donors (Lipinski definition) is 0. The Kier molecular flexibility index (Phi) is 5.16. The molecule has 0 bridgehead atoms. The number of allylic oxidation sites excluding steroid dienone is 1. The van der Waals surface area contributed by atoms with E-state index < -0.39 is 0 Å². The Morgan fingerprint density at radius 2 is 2.00 bits per heavy atom. The molecule has 28 heavy (non-hydrogen) atoms. The molecule has 0 saturated heterocycles. The number of halogens is 1. The molecule has 0 spiro atoms. The molecule has 0 radical (unpaired) electrons. The van der Waals surface area contributed by atoms with E-state index in [0.717, 1.165) is 34.7 Å². The van der Waals surface area contributed by atoms with Crippen LogP contribution in [0.1, 0.15) is 19.7 Å². The lowest BCUT2D eigenvalue weighted by Gasteiger charge is -2.23. The lowest BCUT2D eigenvalue weighted by molar-refractivity contribution is 0.0674. The predicted molar refractivity (Wildman–Crippen MR) is 108 cm³/mol. The molecule has 0 fully saturated rings. The van der Waals surface area contributed by atoms with E-state index in [9.17, 15) is 4.39 Å². The molecular weight excluding hydrogens is 357 g/mol. The third-order valence-electron chi connectivity index (χ3n) is 4.44. The number of ether oxygens (including phenoxy) is 1. The number of hydrogen-bond acceptors (Lipinski definition) is 5. The molecule has 1 aliphatic rings. The minimum absolute atomic E-state index is 0.201. The van der Waals surface area contributed by atoms with Crippen molar-refractivity contribution in [3.05, 3.63) is 60.6 Å². The molecule has 1 aromatic carbocycles. The summed E-state index contributed by atoms with van der Waals surface area (Å²) in [4.78, 5) is 15.6. The van der Waals surface area contributed by atoms with Crippen LogP contribution in [0.15, 0.2) is 53.9 Å². The van der Waals surface area contributed by atoms with Gasteiger partial charge in [-0.1, -0.05) is 0 Å². The summed E-state index contributed by atoms with van der Waals surface area (Å²) in [6, 6.07) is 8.23. The maximum atomic E-state index is 13.4. The predicted octanol–water partition coefficient (Wildman–Crippen LogP) is 3.67. The highest BCUT2D eigenvalue weighted by molar-refractivity contribution is 6.10. The SMILES string of the molecule is CC(C)OCCN1C=C(c2nc3ccncc3n2-c2ccc(F)cc2)C=NC1. The van der Waals surface area contributed by atoms with Gasteiger partial charge in [0.1, 0.15) is 18.3 Å². The molecular formula is C21H22FN5O. The average Bonchev–Trinajstić information content (AvgIpc) is 3.08. The molecule has 1 aliphatic heterocycles. The molecule has 0 aliphatic carbocycles. The average molecular weight is 379 g/mol. The van der Waals surface area contributed by atoms with Gasteiger partial charge >= 0.3 is 0 Å². The number of benzene rings is 1. The Labute approximate surface area is 163 Å². The number of aromatic nitrogens is 3. The van der Waals surface area contributed by atoms with Crippen molar-refractivity contribution in [2.24, 2.45) is 4.99 Å². The maximum Gasteiger partial charge on any atom is 0.148 e. The van der Waals surface area contributed by atoms with Crippen LogP contribution in [0.2, 0.25) is 0 Å². The van der Waals surface area contributed by atoms with Crippen molar-refractivity contribution in [1.29, 1.82) is 0 Å². The van der Waals surface area contributed by atoms with Gasteiger partial charge in [-0.15, -0.1) is 0 Å². The first-order valence-corrected chi connectivity index (χ1v) is 9.28. The second kappa shape index (κ2) is 7.90. The molecule has 0 unspecified atom stereocenters. The van der Waals surface area contributed by atoms with E-state index in [1.165, 1.54) is 12.1 Å². The third-order valence-corrected chi connectivity index (χ3v) is 4.44. The van der Waals surface area contributed by atoms with Gasteiger partial charge in [-0.25, -0.2) is 9.37 Å². The lowest BCUT2D eigenvalue weighted by atomic mass is 10.2. The van der Waals surface area contributed by atoms with Gasteiger partial charge in [-0.3, -0.25) is 14.5 Å². The molecule has 0 atom stereocenters. The van der Waals surface area contributed by atoms with Crippen molar-refractivity contribution in [3.63, 3.8) is 0 Å². The van der Waals surface area contributed by atoms with Gasteiger partial charge in [-0.05, 0) is 44.2 Å². The maximum absolute atomic E-state index is 13.4. The summed E-state index contributed by atoms with van der Waals surface area (Å²) in [7, 11) is 0. The molecule has 0 saturated carbocycles. The van der Waals surface area contributed by atoms with Crippen LogP contribution in [-0.2, 0) is 4.74 Å². The minimum atomic E-state index is -0.275. The summed E-state index contributed by atoms with van der Waals surface area (Å²) >= 11 is 0. The van der Waals surface area contributed by atoms with Gasteiger partial charge < -0.3 is 9.64 Å². The summed E-state index contributed by atoms with van der Waals surface area (Å²) in [5, 5.41) is 0. The van der Waals surface area contributed by atoms with E-state index in [1.807, 2.05) is 36.9 Å². The molecule has 2 aromatic heterocycles. The van der Waals surface area contributed by atoms with Crippen LogP contribution >= 0.6 is 0 Å². The quantitative estimate of drug-likeness (QED) is 0.656. The van der Waals surface area contributed by atoms with Gasteiger partial charge in [0.15, 0.2) is 0 Å². The summed E-state index contributed by atoms with van der Waals surface area (Å²) < 4.78 is 21.1. The first-order valence-electron chi connectivity index (χ1n) is 9.28. The van der Waals surface area contributed by atoms with Crippen LogP contribution in [0, 0.1) is 5.82 Å². The van der Waals surface area contributed by atoms with Crippen molar-refractivity contribution in [3.8, 4) is 5.69 Å². The second-order valence-electron chi connectivity index (χ2n) is 6.88. The molecule has 0 amide bonds. The van der Waals surface area contributed by atoms with E-state index in [4.69, 9.17) is 9.72 Å². The number of rotatable bonds is 6. The van der Waals surface area contributed by atoms with E-state index in [1.54, 1.807) is 24.5 Å². The van der Waals surface area contributed by atoms with E-state index in [2.05, 4.69) is 14.9 Å². The second-order valence-corrected chi connectivity index (χ2v) is 6.88. The molecule has 144 valence electrons. The number of nitrogens with zero attached hydrogens (tertiary/aromatic N) is 5. The van der Waals surface area contributed by atoms with Crippen LogP contribution in [-0.4, -0.2) is 51.6 Å². The zero-order valence-corrected chi connectivity index (χ0v) is 15.9. The number of imidazole rings is 1. The van der Waals surface area contributed by atoms with Crippen molar-refractivity contribution >= 4 is 22.8 Å². The van der Waals surface area contributed by atoms with Gasteiger partial charge in [0.25, 0.3) is 0 Å². The molecule has 3 heterocycles. The molecule has 4 rings (SSSR count). The molecule has 7 heteroatoms. The summed E-state index contributed by atoms with van der Waals surface area (Å²) in [6.07, 6.45) is 7.56. The Hall–Kier alpha value is -3.06. The fourth-order valence-electron chi connectivity index (χ4n) is 3.14. The molecule has 3 aromatic rings. The van der Waals surface area contributed by atoms with E-state index in [-0.39, 0.29) is 11.9 Å². The highest BCUT2D eigenvalue weighted by Crippen LogP contribution is 2.26.